The first kappa shape index (κ1) is 21.4. The maximum absolute atomic E-state index is 12.0. The van der Waals surface area contributed by atoms with E-state index in [1.54, 1.807) is 6.07 Å². The van der Waals surface area contributed by atoms with Crippen LogP contribution in [0.3, 0.4) is 0 Å². The zero-order valence-corrected chi connectivity index (χ0v) is 17.6. The first-order valence-corrected chi connectivity index (χ1v) is 9.70. The summed E-state index contributed by atoms with van der Waals surface area (Å²) in [5, 5.41) is 3.72. The van der Waals surface area contributed by atoms with Gasteiger partial charge in [-0.25, -0.2) is 9.78 Å². The van der Waals surface area contributed by atoms with Gasteiger partial charge in [-0.3, -0.25) is 4.79 Å². The van der Waals surface area contributed by atoms with Crippen LogP contribution in [0.4, 0.5) is 5.69 Å². The molecule has 1 aromatic heterocycles. The second kappa shape index (κ2) is 9.46. The zero-order chi connectivity index (χ0) is 21.0. The molecule has 3 rings (SSSR count). The SMILES string of the molecule is O=C(COC(=O)/C=C/c1ccc2ccccc2n1)Nc1c(Cl)c(Cl)cc(Cl)c1Cl. The molecule has 0 saturated heterocycles. The van der Waals surface area contributed by atoms with Gasteiger partial charge < -0.3 is 10.1 Å². The Kier molecular flexibility index (Phi) is 6.98. The van der Waals surface area contributed by atoms with Crippen LogP contribution in [0.2, 0.25) is 20.1 Å². The highest BCUT2D eigenvalue weighted by atomic mass is 35.5. The van der Waals surface area contributed by atoms with Gasteiger partial charge in [0.2, 0.25) is 0 Å². The first-order valence-electron chi connectivity index (χ1n) is 8.18. The smallest absolute Gasteiger partial charge is 0.331 e. The molecule has 1 heterocycles. The lowest BCUT2D eigenvalue weighted by molar-refractivity contribution is -0.142. The summed E-state index contributed by atoms with van der Waals surface area (Å²) in [5.41, 5.74) is 1.43. The number of esters is 1. The van der Waals surface area contributed by atoms with Crippen molar-refractivity contribution in [2.24, 2.45) is 0 Å². The molecule has 0 aliphatic heterocycles. The van der Waals surface area contributed by atoms with Crippen molar-refractivity contribution in [1.29, 1.82) is 0 Å². The van der Waals surface area contributed by atoms with Gasteiger partial charge in [-0.2, -0.15) is 0 Å². The van der Waals surface area contributed by atoms with Gasteiger partial charge in [0.05, 0.1) is 37.0 Å². The minimum absolute atomic E-state index is 0.0306. The molecule has 148 valence electrons. The molecule has 0 fully saturated rings. The summed E-state index contributed by atoms with van der Waals surface area (Å²) < 4.78 is 4.91. The maximum Gasteiger partial charge on any atom is 0.331 e. The van der Waals surface area contributed by atoms with E-state index in [4.69, 9.17) is 51.1 Å². The van der Waals surface area contributed by atoms with Crippen LogP contribution in [0, 0.1) is 0 Å². The van der Waals surface area contributed by atoms with Gasteiger partial charge in [-0.05, 0) is 24.3 Å². The second-order valence-corrected chi connectivity index (χ2v) is 7.33. The Hall–Kier alpha value is -2.31. The summed E-state index contributed by atoms with van der Waals surface area (Å²) in [5.74, 6) is -1.37. The van der Waals surface area contributed by atoms with Crippen molar-refractivity contribution < 1.29 is 14.3 Å². The number of fused-ring (bicyclic) bond motifs is 1. The number of halogens is 4. The minimum Gasteiger partial charge on any atom is -0.452 e. The molecule has 0 spiro atoms. The molecule has 0 radical (unpaired) electrons. The number of ether oxygens (including phenoxy) is 1. The number of hydrogen-bond acceptors (Lipinski definition) is 4. The third-order valence-corrected chi connectivity index (χ3v) is 5.31. The van der Waals surface area contributed by atoms with Gasteiger partial charge in [0.15, 0.2) is 6.61 Å². The van der Waals surface area contributed by atoms with Crippen LogP contribution in [-0.2, 0) is 14.3 Å². The van der Waals surface area contributed by atoms with Crippen molar-refractivity contribution in [3.05, 3.63) is 74.3 Å². The molecule has 0 atom stereocenters. The van der Waals surface area contributed by atoms with E-state index < -0.39 is 18.5 Å². The Labute approximate surface area is 186 Å². The molecule has 0 unspecified atom stereocenters. The van der Waals surface area contributed by atoms with Crippen molar-refractivity contribution in [3.8, 4) is 0 Å². The number of amides is 1. The Morgan fingerprint density at radius 2 is 1.69 bits per heavy atom. The average molecular weight is 470 g/mol. The molecule has 0 aliphatic carbocycles. The lowest BCUT2D eigenvalue weighted by Gasteiger charge is -2.11. The van der Waals surface area contributed by atoms with Crippen LogP contribution in [0.5, 0.6) is 0 Å². The maximum atomic E-state index is 12.0. The van der Waals surface area contributed by atoms with Crippen LogP contribution in [0.1, 0.15) is 5.69 Å². The molecule has 5 nitrogen and oxygen atoms in total. The number of rotatable bonds is 5. The molecule has 29 heavy (non-hydrogen) atoms. The highest BCUT2D eigenvalue weighted by molar-refractivity contribution is 6.50. The fourth-order valence-corrected chi connectivity index (χ4v) is 3.28. The van der Waals surface area contributed by atoms with Crippen molar-refractivity contribution in [2.75, 3.05) is 11.9 Å². The standard InChI is InChI=1S/C20H12Cl4N2O3/c21-13-9-14(22)19(24)20(18(13)23)26-16(27)10-29-17(28)8-7-12-6-5-11-3-1-2-4-15(11)25-12/h1-9H,10H2,(H,26,27)/b8-7+. The summed E-state index contributed by atoms with van der Waals surface area (Å²) in [6.07, 6.45) is 2.68. The molecule has 0 aliphatic rings. The normalized spacial score (nSPS) is 11.0. The van der Waals surface area contributed by atoms with Crippen molar-refractivity contribution >= 4 is 80.9 Å². The van der Waals surface area contributed by atoms with Gasteiger partial charge >= 0.3 is 5.97 Å². The number of carbonyl (C=O) groups excluding carboxylic acids is 2. The fourth-order valence-electron chi connectivity index (χ4n) is 2.37. The van der Waals surface area contributed by atoms with Gasteiger partial charge in [-0.1, -0.05) is 70.7 Å². The average Bonchev–Trinajstić information content (AvgIpc) is 2.72. The van der Waals surface area contributed by atoms with E-state index in [0.717, 1.165) is 10.9 Å². The van der Waals surface area contributed by atoms with Crippen LogP contribution < -0.4 is 5.32 Å². The predicted octanol–water partition coefficient (Wildman–Crippen LogP) is 6.04. The van der Waals surface area contributed by atoms with Gasteiger partial charge in [-0.15, -0.1) is 0 Å². The largest absolute Gasteiger partial charge is 0.452 e. The zero-order valence-electron chi connectivity index (χ0n) is 14.6. The third kappa shape index (κ3) is 5.40. The van der Waals surface area contributed by atoms with E-state index in [2.05, 4.69) is 10.3 Å². The summed E-state index contributed by atoms with van der Waals surface area (Å²) >= 11 is 23.9. The Balaban J connectivity index is 1.59. The van der Waals surface area contributed by atoms with E-state index in [0.29, 0.717) is 5.69 Å². The molecule has 9 heteroatoms. The van der Waals surface area contributed by atoms with E-state index in [9.17, 15) is 9.59 Å². The lowest BCUT2D eigenvalue weighted by atomic mass is 10.2. The number of aromatic nitrogens is 1. The summed E-state index contributed by atoms with van der Waals surface area (Å²) in [6, 6.07) is 12.6. The minimum atomic E-state index is -0.712. The molecule has 2 aromatic carbocycles. The van der Waals surface area contributed by atoms with Crippen LogP contribution in [-0.4, -0.2) is 23.5 Å². The summed E-state index contributed by atoms with van der Waals surface area (Å²) in [7, 11) is 0. The van der Waals surface area contributed by atoms with Gasteiger partial charge in [0, 0.05) is 11.5 Å². The number of hydrogen-bond donors (Lipinski definition) is 1. The number of nitrogens with one attached hydrogen (secondary N) is 1. The number of benzene rings is 2. The highest BCUT2D eigenvalue weighted by Crippen LogP contribution is 2.40. The number of anilines is 1. The highest BCUT2D eigenvalue weighted by Gasteiger charge is 2.17. The quantitative estimate of drug-likeness (QED) is 0.281. The van der Waals surface area contributed by atoms with E-state index >= 15 is 0 Å². The van der Waals surface area contributed by atoms with Gasteiger partial charge in [0.25, 0.3) is 5.91 Å². The predicted molar refractivity (Wildman–Crippen MR) is 117 cm³/mol. The number of nitrogens with zero attached hydrogens (tertiary/aromatic N) is 1. The second-order valence-electron chi connectivity index (χ2n) is 5.76. The van der Waals surface area contributed by atoms with Crippen molar-refractivity contribution in [3.63, 3.8) is 0 Å². The van der Waals surface area contributed by atoms with Crippen LogP contribution in [0.15, 0.2) is 48.5 Å². The topological polar surface area (TPSA) is 68.3 Å². The lowest BCUT2D eigenvalue weighted by Crippen LogP contribution is -2.20. The number of para-hydroxylation sites is 1. The molecule has 3 aromatic rings. The van der Waals surface area contributed by atoms with Crippen molar-refractivity contribution in [1.82, 2.24) is 4.98 Å². The monoisotopic (exact) mass is 468 g/mol. The summed E-state index contributed by atoms with van der Waals surface area (Å²) in [4.78, 5) is 28.3. The van der Waals surface area contributed by atoms with E-state index in [1.807, 2.05) is 30.3 Å². The first-order chi connectivity index (χ1) is 13.8. The van der Waals surface area contributed by atoms with Gasteiger partial charge in [0.1, 0.15) is 0 Å². The third-order valence-electron chi connectivity index (χ3n) is 3.73. The molecule has 1 N–H and O–H groups in total. The Morgan fingerprint density at radius 3 is 2.41 bits per heavy atom. The Bertz CT molecular complexity index is 1110. The van der Waals surface area contributed by atoms with Crippen molar-refractivity contribution in [2.45, 2.75) is 0 Å². The molecule has 0 saturated carbocycles. The summed E-state index contributed by atoms with van der Waals surface area (Å²) in [6.45, 7) is -0.550. The molecular weight excluding hydrogens is 458 g/mol. The fraction of sp³-hybridized carbons (Fsp3) is 0.0500. The number of pyridine rings is 1. The Morgan fingerprint density at radius 1 is 1.00 bits per heavy atom. The number of carbonyl (C=O) groups is 2. The molecular formula is C20H12Cl4N2O3. The van der Waals surface area contributed by atoms with E-state index in [-0.39, 0.29) is 25.8 Å². The molecule has 0 bridgehead atoms. The van der Waals surface area contributed by atoms with Crippen LogP contribution >= 0.6 is 46.4 Å². The molecule has 1 amide bonds. The van der Waals surface area contributed by atoms with E-state index in [1.165, 1.54) is 18.2 Å². The van der Waals surface area contributed by atoms with Crippen LogP contribution in [0.25, 0.3) is 17.0 Å².